The second-order valence-corrected chi connectivity index (χ2v) is 11.8. The van der Waals surface area contributed by atoms with Crippen molar-refractivity contribution >= 4 is 33.1 Å². The minimum absolute atomic E-state index is 0.215. The van der Waals surface area contributed by atoms with Crippen molar-refractivity contribution in [2.24, 2.45) is 5.92 Å². The number of hydrogen-bond donors (Lipinski definition) is 0. The van der Waals surface area contributed by atoms with Crippen LogP contribution in [-0.2, 0) is 11.2 Å². The number of rotatable bonds is 10. The molecule has 0 spiro atoms. The Labute approximate surface area is 224 Å². The summed E-state index contributed by atoms with van der Waals surface area (Å²) in [5, 5.41) is 5.08. The van der Waals surface area contributed by atoms with Gasteiger partial charge < -0.3 is 9.42 Å². The van der Waals surface area contributed by atoms with Crippen molar-refractivity contribution in [1.29, 1.82) is 0 Å². The molecule has 0 N–H and O–H groups in total. The van der Waals surface area contributed by atoms with Crippen LogP contribution in [0.4, 0.5) is 14.5 Å². The van der Waals surface area contributed by atoms with Gasteiger partial charge in [0.2, 0.25) is 17.7 Å². The molecule has 0 saturated heterocycles. The van der Waals surface area contributed by atoms with Gasteiger partial charge in [-0.25, -0.2) is 13.8 Å². The number of fused-ring (bicyclic) bond motifs is 1. The molecule has 0 radical (unpaired) electrons. The van der Waals surface area contributed by atoms with Crippen LogP contribution >= 0.6 is 11.3 Å². The Hall–Kier alpha value is -3.20. The number of thiazole rings is 1. The molecule has 38 heavy (non-hydrogen) atoms. The van der Waals surface area contributed by atoms with E-state index in [9.17, 15) is 13.6 Å². The molecule has 2 fully saturated rings. The van der Waals surface area contributed by atoms with Crippen LogP contribution in [0.1, 0.15) is 67.6 Å². The summed E-state index contributed by atoms with van der Waals surface area (Å²) in [5.74, 6) is -1.64. The van der Waals surface area contributed by atoms with Crippen LogP contribution in [0.2, 0.25) is 0 Å². The van der Waals surface area contributed by atoms with Gasteiger partial charge in [-0.1, -0.05) is 29.8 Å². The first-order valence-corrected chi connectivity index (χ1v) is 14.2. The summed E-state index contributed by atoms with van der Waals surface area (Å²) in [5.41, 5.74) is 3.74. The van der Waals surface area contributed by atoms with E-state index in [-0.39, 0.29) is 18.7 Å². The molecular formula is C29H30F2N4O2S. The van der Waals surface area contributed by atoms with E-state index in [0.717, 1.165) is 70.0 Å². The quantitative estimate of drug-likeness (QED) is 0.199. The third-order valence-electron chi connectivity index (χ3n) is 7.39. The van der Waals surface area contributed by atoms with Crippen molar-refractivity contribution in [3.8, 4) is 11.1 Å². The Morgan fingerprint density at radius 3 is 2.68 bits per heavy atom. The normalized spacial score (nSPS) is 17.0. The average Bonchev–Trinajstić information content (AvgIpc) is 3.51. The highest BCUT2D eigenvalue weighted by Gasteiger charge is 2.49. The molecule has 0 bridgehead atoms. The van der Waals surface area contributed by atoms with Crippen LogP contribution in [0.15, 0.2) is 47.0 Å². The lowest BCUT2D eigenvalue weighted by molar-refractivity contribution is -0.147. The fourth-order valence-corrected chi connectivity index (χ4v) is 5.96. The van der Waals surface area contributed by atoms with Crippen molar-refractivity contribution in [2.45, 2.75) is 70.1 Å². The van der Waals surface area contributed by atoms with Crippen molar-refractivity contribution in [3.63, 3.8) is 0 Å². The van der Waals surface area contributed by atoms with Crippen LogP contribution in [0, 0.1) is 12.8 Å². The number of carbonyl (C=O) groups excluding carboxylic acids is 1. The summed E-state index contributed by atoms with van der Waals surface area (Å²) >= 11 is 1.65. The number of aryl methyl sites for hydroxylation is 2. The average molecular weight is 537 g/mol. The molecule has 2 aliphatic rings. The maximum Gasteiger partial charge on any atom is 0.249 e. The number of amides is 1. The zero-order valence-electron chi connectivity index (χ0n) is 21.3. The second kappa shape index (κ2) is 10.2. The molecule has 198 valence electrons. The molecule has 9 heteroatoms. The van der Waals surface area contributed by atoms with E-state index in [1.54, 1.807) is 16.2 Å². The highest BCUT2D eigenvalue weighted by Crippen LogP contribution is 2.44. The number of nitrogens with zero attached hydrogens (tertiary/aromatic N) is 4. The number of alkyl halides is 2. The van der Waals surface area contributed by atoms with Gasteiger partial charge >= 0.3 is 0 Å². The molecule has 4 aromatic rings. The first-order chi connectivity index (χ1) is 18.3. The predicted octanol–water partition coefficient (Wildman–Crippen LogP) is 7.32. The Morgan fingerprint density at radius 2 is 1.89 bits per heavy atom. The molecule has 6 rings (SSSR count). The SMILES string of the molecule is Cc1nc2ccc(-c3cccc(N(CCCCCc4nc(C5CC5)no4)C(=O)C4CC(F)(F)C4)c3)cc2s1. The maximum absolute atomic E-state index is 13.6. The minimum atomic E-state index is -2.74. The van der Waals surface area contributed by atoms with Crippen LogP contribution < -0.4 is 4.90 Å². The van der Waals surface area contributed by atoms with Gasteiger partial charge in [-0.05, 0) is 68.0 Å². The topological polar surface area (TPSA) is 72.1 Å². The molecule has 2 aliphatic carbocycles. The van der Waals surface area contributed by atoms with E-state index >= 15 is 0 Å². The van der Waals surface area contributed by atoms with Gasteiger partial charge in [0, 0.05) is 43.3 Å². The molecule has 2 aromatic heterocycles. The van der Waals surface area contributed by atoms with Crippen molar-refractivity contribution in [1.82, 2.24) is 15.1 Å². The Morgan fingerprint density at radius 1 is 1.08 bits per heavy atom. The van der Waals surface area contributed by atoms with Gasteiger partial charge in [0.15, 0.2) is 5.82 Å². The van der Waals surface area contributed by atoms with Crippen molar-refractivity contribution in [2.75, 3.05) is 11.4 Å². The molecule has 0 atom stereocenters. The molecular weight excluding hydrogens is 506 g/mol. The summed E-state index contributed by atoms with van der Waals surface area (Å²) in [6.07, 6.45) is 4.73. The summed E-state index contributed by atoms with van der Waals surface area (Å²) in [6.45, 7) is 2.47. The van der Waals surface area contributed by atoms with Gasteiger partial charge in [-0.3, -0.25) is 4.79 Å². The molecule has 6 nitrogen and oxygen atoms in total. The van der Waals surface area contributed by atoms with Crippen LogP contribution in [0.3, 0.4) is 0 Å². The number of benzene rings is 2. The number of unbranched alkanes of at least 4 members (excludes halogenated alkanes) is 2. The van der Waals surface area contributed by atoms with E-state index in [4.69, 9.17) is 4.52 Å². The Bertz CT molecular complexity index is 1450. The maximum atomic E-state index is 13.6. The number of hydrogen-bond acceptors (Lipinski definition) is 6. The number of anilines is 1. The molecule has 0 unspecified atom stereocenters. The van der Waals surface area contributed by atoms with Crippen LogP contribution in [-0.4, -0.2) is 33.5 Å². The third-order valence-corrected chi connectivity index (χ3v) is 8.32. The van der Waals surface area contributed by atoms with Gasteiger partial charge in [0.05, 0.1) is 15.2 Å². The lowest BCUT2D eigenvalue weighted by Gasteiger charge is -2.37. The molecule has 0 aliphatic heterocycles. The standard InChI is InChI=1S/C29H30F2N4O2S/c1-18-32-24-12-11-21(15-25(24)38-18)20-6-5-7-23(14-20)35(28(36)22-16-29(30,31)17-22)13-4-2-3-8-26-33-27(34-37-26)19-9-10-19/h5-7,11-12,14-15,19,22H,2-4,8-10,13,16-17H2,1H3. The fraction of sp³-hybridized carbons (Fsp3) is 0.448. The molecule has 2 aromatic carbocycles. The Kier molecular flexibility index (Phi) is 6.72. The lowest BCUT2D eigenvalue weighted by Crippen LogP contribution is -2.47. The monoisotopic (exact) mass is 536 g/mol. The van der Waals surface area contributed by atoms with Crippen LogP contribution in [0.5, 0.6) is 0 Å². The van der Waals surface area contributed by atoms with Crippen LogP contribution in [0.25, 0.3) is 21.3 Å². The first-order valence-electron chi connectivity index (χ1n) is 13.3. The zero-order chi connectivity index (χ0) is 26.3. The summed E-state index contributed by atoms with van der Waals surface area (Å²) < 4.78 is 33.7. The summed E-state index contributed by atoms with van der Waals surface area (Å²) in [6, 6.07) is 14.0. The van der Waals surface area contributed by atoms with E-state index in [1.807, 2.05) is 43.3 Å². The summed E-state index contributed by atoms with van der Waals surface area (Å²) in [4.78, 5) is 24.1. The summed E-state index contributed by atoms with van der Waals surface area (Å²) in [7, 11) is 0. The zero-order valence-corrected chi connectivity index (χ0v) is 22.1. The van der Waals surface area contributed by atoms with Gasteiger partial charge in [0.25, 0.3) is 0 Å². The molecule has 2 heterocycles. The van der Waals surface area contributed by atoms with Crippen molar-refractivity contribution < 1.29 is 18.1 Å². The molecule has 2 saturated carbocycles. The second-order valence-electron chi connectivity index (χ2n) is 10.5. The predicted molar refractivity (Wildman–Crippen MR) is 144 cm³/mol. The largest absolute Gasteiger partial charge is 0.339 e. The van der Waals surface area contributed by atoms with Gasteiger partial charge in [-0.2, -0.15) is 4.98 Å². The van der Waals surface area contributed by atoms with Gasteiger partial charge in [-0.15, -0.1) is 11.3 Å². The smallest absolute Gasteiger partial charge is 0.249 e. The molecule has 1 amide bonds. The lowest BCUT2D eigenvalue weighted by atomic mass is 9.80. The Balaban J connectivity index is 1.15. The third kappa shape index (κ3) is 5.48. The van der Waals surface area contributed by atoms with E-state index in [1.165, 1.54) is 0 Å². The van der Waals surface area contributed by atoms with E-state index < -0.39 is 11.8 Å². The number of aromatic nitrogens is 3. The number of halogens is 2. The van der Waals surface area contributed by atoms with E-state index in [0.29, 0.717) is 24.8 Å². The van der Waals surface area contributed by atoms with Crippen molar-refractivity contribution in [3.05, 3.63) is 59.2 Å². The fourth-order valence-electron chi connectivity index (χ4n) is 5.10. The number of carbonyl (C=O) groups is 1. The van der Waals surface area contributed by atoms with Gasteiger partial charge in [0.1, 0.15) is 0 Å². The first kappa shape index (κ1) is 25.1. The van der Waals surface area contributed by atoms with E-state index in [2.05, 4.69) is 21.2 Å². The minimum Gasteiger partial charge on any atom is -0.339 e. The highest BCUT2D eigenvalue weighted by molar-refractivity contribution is 7.18. The highest BCUT2D eigenvalue weighted by atomic mass is 32.1.